The minimum atomic E-state index is -0.156. The Hall–Kier alpha value is -1.55. The summed E-state index contributed by atoms with van der Waals surface area (Å²) in [5, 5.41) is 5.01. The highest BCUT2D eigenvalue weighted by Gasteiger charge is 2.23. The Morgan fingerprint density at radius 2 is 1.93 bits per heavy atom. The maximum Gasteiger partial charge on any atom is 0.308 e. The lowest BCUT2D eigenvalue weighted by molar-refractivity contribution is -0.144. The number of halogens is 2. The largest absolute Gasteiger partial charge is 0.469 e. The van der Waals surface area contributed by atoms with Crippen molar-refractivity contribution in [1.82, 2.24) is 5.32 Å². The van der Waals surface area contributed by atoms with Crippen LogP contribution in [-0.2, 0) is 28.8 Å². The van der Waals surface area contributed by atoms with Crippen LogP contribution in [-0.4, -0.2) is 19.6 Å². The number of rotatable bonds is 7. The topological polar surface area (TPSA) is 38.3 Å². The number of carbonyl (C=O) groups is 1. The zero-order valence-electron chi connectivity index (χ0n) is 15.7. The van der Waals surface area contributed by atoms with Gasteiger partial charge in [-0.25, -0.2) is 0 Å². The maximum absolute atomic E-state index is 11.6. The van der Waals surface area contributed by atoms with E-state index in [9.17, 15) is 4.79 Å². The molecule has 2 atom stereocenters. The van der Waals surface area contributed by atoms with E-state index in [-0.39, 0.29) is 11.9 Å². The molecule has 0 radical (unpaired) electrons. The van der Waals surface area contributed by atoms with Crippen LogP contribution in [0.5, 0.6) is 0 Å². The van der Waals surface area contributed by atoms with Gasteiger partial charge in [-0.2, -0.15) is 0 Å². The highest BCUT2D eigenvalue weighted by Crippen LogP contribution is 2.32. The van der Waals surface area contributed by atoms with Gasteiger partial charge in [0.1, 0.15) is 0 Å². The summed E-state index contributed by atoms with van der Waals surface area (Å²) in [5.74, 6) is -0.274. The van der Waals surface area contributed by atoms with Crippen LogP contribution in [0.4, 0.5) is 0 Å². The Morgan fingerprint density at radius 1 is 1.19 bits per heavy atom. The van der Waals surface area contributed by atoms with E-state index in [1.807, 2.05) is 19.1 Å². The fraction of sp³-hybridized carbons (Fsp3) is 0.409. The van der Waals surface area contributed by atoms with Crippen molar-refractivity contribution in [1.29, 1.82) is 0 Å². The van der Waals surface area contributed by atoms with Gasteiger partial charge < -0.3 is 10.1 Å². The van der Waals surface area contributed by atoms with Crippen molar-refractivity contribution in [3.8, 4) is 0 Å². The molecule has 0 saturated carbocycles. The zero-order chi connectivity index (χ0) is 19.4. The number of aryl methyl sites for hydroxylation is 1. The van der Waals surface area contributed by atoms with Crippen LogP contribution in [0.1, 0.15) is 41.6 Å². The molecule has 0 aromatic heterocycles. The lowest BCUT2D eigenvalue weighted by atomic mass is 9.97. The van der Waals surface area contributed by atoms with E-state index >= 15 is 0 Å². The third-order valence-electron chi connectivity index (χ3n) is 5.16. The lowest BCUT2D eigenvalue weighted by Gasteiger charge is -2.15. The molecule has 0 saturated heterocycles. The van der Waals surface area contributed by atoms with Crippen molar-refractivity contribution in [2.24, 2.45) is 5.92 Å². The average molecular weight is 406 g/mol. The lowest BCUT2D eigenvalue weighted by Crippen LogP contribution is -2.22. The quantitative estimate of drug-likeness (QED) is 0.646. The molecule has 1 aliphatic rings. The van der Waals surface area contributed by atoms with E-state index in [4.69, 9.17) is 27.9 Å². The van der Waals surface area contributed by atoms with Gasteiger partial charge in [0.15, 0.2) is 0 Å². The fourth-order valence-corrected chi connectivity index (χ4v) is 4.37. The normalized spacial score (nSPS) is 16.8. The average Bonchev–Trinajstić information content (AvgIpc) is 3.02. The second kappa shape index (κ2) is 9.09. The first-order chi connectivity index (χ1) is 13.0. The molecule has 144 valence electrons. The van der Waals surface area contributed by atoms with Crippen molar-refractivity contribution in [3.63, 3.8) is 0 Å². The van der Waals surface area contributed by atoms with Crippen molar-refractivity contribution in [3.05, 3.63) is 68.7 Å². The monoisotopic (exact) mass is 405 g/mol. The van der Waals surface area contributed by atoms with Crippen LogP contribution in [0.15, 0.2) is 36.4 Å². The molecule has 27 heavy (non-hydrogen) atoms. The molecule has 3 rings (SSSR count). The Morgan fingerprint density at radius 3 is 2.63 bits per heavy atom. The molecule has 0 aliphatic heterocycles. The highest BCUT2D eigenvalue weighted by atomic mass is 35.5. The standard InChI is InChI=1S/C22H25Cl2NO2/c1-14(22(26)27-2)9-15-3-5-20-17(10-15)4-6-21(20)25-8-7-16-11-18(23)13-19(24)12-16/h3,5,10-14,21,25H,4,6-9H2,1-2H3. The van der Waals surface area contributed by atoms with Gasteiger partial charge in [0, 0.05) is 16.1 Å². The molecule has 0 fully saturated rings. The first-order valence-electron chi connectivity index (χ1n) is 9.34. The molecule has 5 heteroatoms. The first-order valence-corrected chi connectivity index (χ1v) is 10.1. The fourth-order valence-electron chi connectivity index (χ4n) is 3.79. The van der Waals surface area contributed by atoms with Gasteiger partial charge in [-0.15, -0.1) is 0 Å². The summed E-state index contributed by atoms with van der Waals surface area (Å²) in [6.07, 6.45) is 3.77. The highest BCUT2D eigenvalue weighted by molar-refractivity contribution is 6.34. The molecule has 2 unspecified atom stereocenters. The zero-order valence-corrected chi connectivity index (χ0v) is 17.2. The van der Waals surface area contributed by atoms with Crippen LogP contribution >= 0.6 is 23.2 Å². The van der Waals surface area contributed by atoms with Crippen LogP contribution in [0.3, 0.4) is 0 Å². The second-order valence-electron chi connectivity index (χ2n) is 7.23. The van der Waals surface area contributed by atoms with Crippen molar-refractivity contribution >= 4 is 29.2 Å². The number of nitrogens with one attached hydrogen (secondary N) is 1. The molecule has 2 aromatic carbocycles. The van der Waals surface area contributed by atoms with Gasteiger partial charge in [0.25, 0.3) is 0 Å². The third-order valence-corrected chi connectivity index (χ3v) is 5.59. The maximum atomic E-state index is 11.6. The Balaban J connectivity index is 1.57. The van der Waals surface area contributed by atoms with E-state index in [0.29, 0.717) is 22.5 Å². The molecule has 1 N–H and O–H groups in total. The van der Waals surface area contributed by atoms with Gasteiger partial charge >= 0.3 is 5.97 Å². The molecular formula is C22H25Cl2NO2. The van der Waals surface area contributed by atoms with Crippen LogP contribution in [0.25, 0.3) is 0 Å². The molecule has 0 bridgehead atoms. The van der Waals surface area contributed by atoms with Crippen molar-refractivity contribution in [2.75, 3.05) is 13.7 Å². The predicted molar refractivity (Wildman–Crippen MR) is 111 cm³/mol. The molecule has 1 aliphatic carbocycles. The summed E-state index contributed by atoms with van der Waals surface area (Å²) in [5.41, 5.74) is 5.09. The van der Waals surface area contributed by atoms with Crippen molar-refractivity contribution in [2.45, 2.75) is 38.6 Å². The van der Waals surface area contributed by atoms with Crippen LogP contribution < -0.4 is 5.32 Å². The summed E-state index contributed by atoms with van der Waals surface area (Å²) in [7, 11) is 1.44. The number of methoxy groups -OCH3 is 1. The van der Waals surface area contributed by atoms with E-state index in [0.717, 1.165) is 31.4 Å². The smallest absolute Gasteiger partial charge is 0.308 e. The number of esters is 1. The van der Waals surface area contributed by atoms with Gasteiger partial charge in [-0.1, -0.05) is 48.3 Å². The minimum absolute atomic E-state index is 0.118. The molecule has 3 nitrogen and oxygen atoms in total. The molecule has 0 amide bonds. The predicted octanol–water partition coefficient (Wildman–Crippen LogP) is 5.16. The number of benzene rings is 2. The van der Waals surface area contributed by atoms with Gasteiger partial charge in [-0.3, -0.25) is 4.79 Å². The SMILES string of the molecule is COC(=O)C(C)Cc1ccc2c(c1)CCC2NCCc1cc(Cl)cc(Cl)c1. The van der Waals surface area contributed by atoms with Crippen LogP contribution in [0.2, 0.25) is 10.0 Å². The van der Waals surface area contributed by atoms with E-state index in [2.05, 4.69) is 23.5 Å². The number of hydrogen-bond acceptors (Lipinski definition) is 3. The van der Waals surface area contributed by atoms with Gasteiger partial charge in [0.2, 0.25) is 0 Å². The molecule has 0 heterocycles. The minimum Gasteiger partial charge on any atom is -0.469 e. The first kappa shape index (κ1) is 20.2. The van der Waals surface area contributed by atoms with E-state index in [1.165, 1.54) is 23.8 Å². The number of hydrogen-bond donors (Lipinski definition) is 1. The number of ether oxygens (including phenoxy) is 1. The summed E-state index contributed by atoms with van der Waals surface area (Å²) >= 11 is 12.1. The third kappa shape index (κ3) is 5.25. The Kier molecular flexibility index (Phi) is 6.80. The van der Waals surface area contributed by atoms with Crippen LogP contribution in [0, 0.1) is 5.92 Å². The summed E-state index contributed by atoms with van der Waals surface area (Å²) in [6, 6.07) is 12.6. The summed E-state index contributed by atoms with van der Waals surface area (Å²) in [6.45, 7) is 2.79. The Bertz CT molecular complexity index is 802. The van der Waals surface area contributed by atoms with Gasteiger partial charge in [-0.05, 0) is 72.7 Å². The van der Waals surface area contributed by atoms with Gasteiger partial charge in [0.05, 0.1) is 13.0 Å². The van der Waals surface area contributed by atoms with E-state index in [1.54, 1.807) is 6.07 Å². The number of carbonyl (C=O) groups excluding carboxylic acids is 1. The molecule has 2 aromatic rings. The second-order valence-corrected chi connectivity index (χ2v) is 8.11. The number of fused-ring (bicyclic) bond motifs is 1. The van der Waals surface area contributed by atoms with E-state index < -0.39 is 0 Å². The van der Waals surface area contributed by atoms with Crippen molar-refractivity contribution < 1.29 is 9.53 Å². The summed E-state index contributed by atoms with van der Waals surface area (Å²) < 4.78 is 4.82. The Labute approximate surface area is 171 Å². The molecular weight excluding hydrogens is 381 g/mol. The summed E-state index contributed by atoms with van der Waals surface area (Å²) in [4.78, 5) is 11.6. The molecule has 0 spiro atoms.